The predicted octanol–water partition coefficient (Wildman–Crippen LogP) is 2.98. The first-order chi connectivity index (χ1) is 11.0. The first kappa shape index (κ1) is 18.4. The molecular formula is C16H18F2N2O3. The number of carbonyl (C=O) groups excluding carboxylic acids is 1. The average Bonchev–Trinajstić information content (AvgIpc) is 2.52. The molecule has 0 radical (unpaired) electrons. The number of rotatable bonds is 8. The van der Waals surface area contributed by atoms with E-state index in [1.54, 1.807) is 13.8 Å². The molecule has 1 aromatic rings. The van der Waals surface area contributed by atoms with Crippen LogP contribution < -0.4 is 14.8 Å². The molecule has 5 nitrogen and oxygen atoms in total. The molecule has 1 atom stereocenters. The van der Waals surface area contributed by atoms with E-state index in [9.17, 15) is 13.6 Å². The molecule has 1 N–H and O–H groups in total. The highest BCUT2D eigenvalue weighted by atomic mass is 19.3. The van der Waals surface area contributed by atoms with Gasteiger partial charge in [0.15, 0.2) is 11.5 Å². The number of halogens is 2. The lowest BCUT2D eigenvalue weighted by Crippen LogP contribution is -2.25. The molecule has 0 aromatic heterocycles. The van der Waals surface area contributed by atoms with Gasteiger partial charge < -0.3 is 14.8 Å². The third-order valence-corrected chi connectivity index (χ3v) is 2.71. The Bertz CT molecular complexity index is 597. The molecule has 1 unspecified atom stereocenters. The third kappa shape index (κ3) is 6.78. The summed E-state index contributed by atoms with van der Waals surface area (Å²) in [7, 11) is 0. The van der Waals surface area contributed by atoms with Crippen LogP contribution in [-0.4, -0.2) is 25.7 Å². The van der Waals surface area contributed by atoms with E-state index in [0.29, 0.717) is 12.2 Å². The molecule has 0 heterocycles. The fourth-order valence-electron chi connectivity index (χ4n) is 1.62. The van der Waals surface area contributed by atoms with Crippen molar-refractivity contribution in [2.45, 2.75) is 20.5 Å². The van der Waals surface area contributed by atoms with Gasteiger partial charge in [-0.25, -0.2) is 0 Å². The lowest BCUT2D eigenvalue weighted by atomic mass is 10.2. The average molecular weight is 324 g/mol. The van der Waals surface area contributed by atoms with Gasteiger partial charge in [0.2, 0.25) is 5.91 Å². The second-order valence-electron chi connectivity index (χ2n) is 4.63. The summed E-state index contributed by atoms with van der Waals surface area (Å²) in [5, 5.41) is 11.2. The highest BCUT2D eigenvalue weighted by Crippen LogP contribution is 2.30. The Balaban J connectivity index is 2.76. The van der Waals surface area contributed by atoms with Gasteiger partial charge in [-0.15, -0.1) is 0 Å². The van der Waals surface area contributed by atoms with Crippen molar-refractivity contribution in [3.63, 3.8) is 0 Å². The van der Waals surface area contributed by atoms with Crippen molar-refractivity contribution in [1.29, 1.82) is 5.26 Å². The maximum absolute atomic E-state index is 12.3. The maximum atomic E-state index is 12.3. The first-order valence-corrected chi connectivity index (χ1v) is 7.03. The summed E-state index contributed by atoms with van der Waals surface area (Å²) in [6.07, 6.45) is 2.81. The highest BCUT2D eigenvalue weighted by molar-refractivity contribution is 5.91. The second-order valence-corrected chi connectivity index (χ2v) is 4.63. The normalized spacial score (nSPS) is 12.0. The van der Waals surface area contributed by atoms with E-state index >= 15 is 0 Å². The first-order valence-electron chi connectivity index (χ1n) is 7.03. The molecule has 124 valence electrons. The number of hydrogen-bond acceptors (Lipinski definition) is 4. The van der Waals surface area contributed by atoms with Crippen LogP contribution in [0.4, 0.5) is 8.78 Å². The zero-order valence-corrected chi connectivity index (χ0v) is 12.9. The van der Waals surface area contributed by atoms with Gasteiger partial charge in [-0.3, -0.25) is 4.79 Å². The molecule has 1 rings (SSSR count). The summed E-state index contributed by atoms with van der Waals surface area (Å²) < 4.78 is 34.2. The van der Waals surface area contributed by atoms with Crippen LogP contribution in [0.1, 0.15) is 19.4 Å². The topological polar surface area (TPSA) is 71.3 Å². The van der Waals surface area contributed by atoms with Crippen molar-refractivity contribution in [3.05, 3.63) is 29.8 Å². The number of ether oxygens (including phenoxy) is 2. The Labute approximate surface area is 133 Å². The number of nitrogens with one attached hydrogen (secondary N) is 1. The van der Waals surface area contributed by atoms with E-state index in [-0.39, 0.29) is 29.9 Å². The van der Waals surface area contributed by atoms with Crippen molar-refractivity contribution in [2.75, 3.05) is 13.2 Å². The molecule has 23 heavy (non-hydrogen) atoms. The minimum atomic E-state index is -2.94. The molecule has 0 aliphatic carbocycles. The van der Waals surface area contributed by atoms with Gasteiger partial charge in [-0.1, -0.05) is 6.07 Å². The van der Waals surface area contributed by atoms with E-state index in [0.717, 1.165) is 0 Å². The quantitative estimate of drug-likeness (QED) is 0.746. The predicted molar refractivity (Wildman–Crippen MR) is 81.1 cm³/mol. The minimum absolute atomic E-state index is 0.0636. The largest absolute Gasteiger partial charge is 0.490 e. The van der Waals surface area contributed by atoms with Gasteiger partial charge in [-0.05, 0) is 37.6 Å². The molecule has 0 saturated carbocycles. The Hall–Kier alpha value is -2.62. The smallest absolute Gasteiger partial charge is 0.387 e. The van der Waals surface area contributed by atoms with Crippen molar-refractivity contribution >= 4 is 12.0 Å². The fourth-order valence-corrected chi connectivity index (χ4v) is 1.62. The number of hydrogen-bond donors (Lipinski definition) is 1. The Morgan fingerprint density at radius 2 is 2.17 bits per heavy atom. The molecule has 7 heteroatoms. The van der Waals surface area contributed by atoms with E-state index < -0.39 is 6.61 Å². The zero-order valence-electron chi connectivity index (χ0n) is 12.9. The van der Waals surface area contributed by atoms with E-state index in [4.69, 9.17) is 10.00 Å². The molecule has 0 aliphatic heterocycles. The summed E-state index contributed by atoms with van der Waals surface area (Å²) in [5.74, 6) is -0.514. The minimum Gasteiger partial charge on any atom is -0.490 e. The lowest BCUT2D eigenvalue weighted by molar-refractivity contribution is -0.116. The van der Waals surface area contributed by atoms with Gasteiger partial charge in [0, 0.05) is 12.6 Å². The van der Waals surface area contributed by atoms with Crippen LogP contribution in [0.3, 0.4) is 0 Å². The Morgan fingerprint density at radius 1 is 1.43 bits per heavy atom. The van der Waals surface area contributed by atoms with E-state index in [1.807, 2.05) is 6.07 Å². The maximum Gasteiger partial charge on any atom is 0.387 e. The van der Waals surface area contributed by atoms with Crippen LogP contribution >= 0.6 is 0 Å². The zero-order chi connectivity index (χ0) is 17.2. The third-order valence-electron chi connectivity index (χ3n) is 2.71. The summed E-state index contributed by atoms with van der Waals surface area (Å²) in [5.41, 5.74) is 0.596. The van der Waals surface area contributed by atoms with Crippen molar-refractivity contribution < 1.29 is 23.0 Å². The number of benzene rings is 1. The molecule has 0 bridgehead atoms. The van der Waals surface area contributed by atoms with Crippen LogP contribution in [0, 0.1) is 17.2 Å². The molecule has 0 fully saturated rings. The molecule has 0 saturated heterocycles. The van der Waals surface area contributed by atoms with Crippen LogP contribution in [0.15, 0.2) is 24.3 Å². The Kier molecular flexibility index (Phi) is 7.54. The van der Waals surface area contributed by atoms with Gasteiger partial charge in [0.25, 0.3) is 0 Å². The Morgan fingerprint density at radius 3 is 2.78 bits per heavy atom. The monoisotopic (exact) mass is 324 g/mol. The highest BCUT2D eigenvalue weighted by Gasteiger charge is 2.11. The lowest BCUT2D eigenvalue weighted by Gasteiger charge is -2.11. The van der Waals surface area contributed by atoms with Gasteiger partial charge in [-0.2, -0.15) is 14.0 Å². The number of nitrogens with zero attached hydrogens (tertiary/aromatic N) is 1. The number of carbonyl (C=O) groups is 1. The summed E-state index contributed by atoms with van der Waals surface area (Å²) in [6.45, 7) is 1.02. The molecule has 0 spiro atoms. The van der Waals surface area contributed by atoms with Gasteiger partial charge >= 0.3 is 6.61 Å². The van der Waals surface area contributed by atoms with Crippen LogP contribution in [-0.2, 0) is 4.79 Å². The summed E-state index contributed by atoms with van der Waals surface area (Å²) in [4.78, 5) is 11.6. The van der Waals surface area contributed by atoms with Gasteiger partial charge in [0.1, 0.15) is 0 Å². The van der Waals surface area contributed by atoms with E-state index in [2.05, 4.69) is 10.1 Å². The van der Waals surface area contributed by atoms with E-state index in [1.165, 1.54) is 30.4 Å². The van der Waals surface area contributed by atoms with Crippen LogP contribution in [0.25, 0.3) is 6.08 Å². The fraction of sp³-hybridized carbons (Fsp3) is 0.375. The van der Waals surface area contributed by atoms with Gasteiger partial charge in [0.05, 0.1) is 18.6 Å². The summed E-state index contributed by atoms with van der Waals surface area (Å²) in [6, 6.07) is 6.39. The van der Waals surface area contributed by atoms with Crippen molar-refractivity contribution in [3.8, 4) is 17.6 Å². The van der Waals surface area contributed by atoms with Crippen molar-refractivity contribution in [2.24, 2.45) is 5.92 Å². The van der Waals surface area contributed by atoms with Crippen molar-refractivity contribution in [1.82, 2.24) is 5.32 Å². The number of alkyl halides is 2. The summed E-state index contributed by atoms with van der Waals surface area (Å²) >= 11 is 0. The molecule has 1 aromatic carbocycles. The molecular weight excluding hydrogens is 306 g/mol. The van der Waals surface area contributed by atoms with Crippen LogP contribution in [0.5, 0.6) is 11.5 Å². The SMILES string of the molecule is CCOc1cc(/C=C/C(=O)NCC(C)C#N)ccc1OC(F)F. The molecule has 1 amide bonds. The standard InChI is InChI=1S/C16H18F2N2O3/c1-3-22-14-8-12(4-6-13(14)23-16(17)18)5-7-15(21)20-10-11(2)9-19/h4-8,11,16H,3,10H2,1-2H3,(H,20,21)/b7-5+. The second kappa shape index (κ2) is 9.41. The van der Waals surface area contributed by atoms with Crippen LogP contribution in [0.2, 0.25) is 0 Å². The number of amides is 1. The number of nitriles is 1. The molecule has 0 aliphatic rings.